The highest BCUT2D eigenvalue weighted by Gasteiger charge is 2.31. The van der Waals surface area contributed by atoms with Crippen molar-refractivity contribution in [1.29, 1.82) is 0 Å². The van der Waals surface area contributed by atoms with Crippen LogP contribution >= 0.6 is 11.3 Å². The van der Waals surface area contributed by atoms with Crippen molar-refractivity contribution in [3.05, 3.63) is 88.4 Å². The predicted molar refractivity (Wildman–Crippen MR) is 132 cm³/mol. The van der Waals surface area contributed by atoms with Crippen molar-refractivity contribution in [2.24, 2.45) is 0 Å². The monoisotopic (exact) mass is 493 g/mol. The second-order valence-corrected chi connectivity index (χ2v) is 10.8. The number of hydrogen-bond donors (Lipinski definition) is 1. The number of anilines is 1. The molecule has 7 nitrogen and oxygen atoms in total. The number of rotatable bonds is 6. The Morgan fingerprint density at radius 1 is 1.12 bits per heavy atom. The number of sulfonamides is 1. The molecular formula is C25H23N3O4S2. The highest BCUT2D eigenvalue weighted by molar-refractivity contribution is 7.93. The molecule has 1 N–H and O–H groups in total. The molecule has 0 amide bonds. The van der Waals surface area contributed by atoms with E-state index in [1.807, 2.05) is 18.2 Å². The number of thiophene rings is 1. The molecule has 0 saturated carbocycles. The van der Waals surface area contributed by atoms with Gasteiger partial charge in [-0.3, -0.25) is 14.6 Å². The largest absolute Gasteiger partial charge is 0.465 e. The highest BCUT2D eigenvalue weighted by Crippen LogP contribution is 2.39. The number of ether oxygens (including phenoxy) is 1. The normalized spacial score (nSPS) is 14.0. The van der Waals surface area contributed by atoms with Gasteiger partial charge in [-0.2, -0.15) is 0 Å². The molecule has 0 spiro atoms. The summed E-state index contributed by atoms with van der Waals surface area (Å²) in [5.41, 5.74) is 2.96. The van der Waals surface area contributed by atoms with E-state index in [9.17, 15) is 13.2 Å². The van der Waals surface area contributed by atoms with Crippen LogP contribution in [-0.2, 0) is 34.3 Å². The second-order valence-electron chi connectivity index (χ2n) is 8.08. The molecule has 1 aliphatic rings. The molecule has 174 valence electrons. The van der Waals surface area contributed by atoms with Gasteiger partial charge in [0, 0.05) is 36.1 Å². The minimum atomic E-state index is -3.97. The summed E-state index contributed by atoms with van der Waals surface area (Å²) in [5, 5.41) is 0.812. The van der Waals surface area contributed by atoms with Gasteiger partial charge in [0.2, 0.25) is 0 Å². The summed E-state index contributed by atoms with van der Waals surface area (Å²) >= 11 is 1.30. The molecule has 9 heteroatoms. The Hall–Kier alpha value is -3.27. The first kappa shape index (κ1) is 22.5. The number of methoxy groups -OCH3 is 1. The second kappa shape index (κ2) is 9.17. The molecule has 2 aromatic carbocycles. The molecule has 0 atom stereocenters. The van der Waals surface area contributed by atoms with E-state index < -0.39 is 16.0 Å². The summed E-state index contributed by atoms with van der Waals surface area (Å²) in [6, 6.07) is 18.6. The smallest absolute Gasteiger partial charge is 0.341 e. The molecule has 0 radical (unpaired) electrons. The Balaban J connectivity index is 1.49. The van der Waals surface area contributed by atoms with Crippen molar-refractivity contribution in [2.75, 3.05) is 18.4 Å². The topological polar surface area (TPSA) is 88.6 Å². The first-order valence-corrected chi connectivity index (χ1v) is 13.1. The number of benzene rings is 2. The fraction of sp³-hybridized carbons (Fsp3) is 0.200. The molecule has 4 aromatic rings. The fourth-order valence-corrected chi connectivity index (χ4v) is 7.11. The average Bonchev–Trinajstić information content (AvgIpc) is 3.20. The standard InChI is InChI=1S/C25H23N3O4S2/c1-32-25(29)23-19-12-14-28(15-17-7-3-2-4-8-17)16-21(19)33-24(23)27-34(30,31)22-11-5-10-20-18(22)9-6-13-26-20/h2-11,13,27H,12,14-16H2,1H3. The summed E-state index contributed by atoms with van der Waals surface area (Å²) in [5.74, 6) is -0.536. The Morgan fingerprint density at radius 2 is 1.94 bits per heavy atom. The number of aromatic nitrogens is 1. The van der Waals surface area contributed by atoms with Crippen LogP contribution in [0.3, 0.4) is 0 Å². The lowest BCUT2D eigenvalue weighted by molar-refractivity contribution is 0.0600. The predicted octanol–water partition coefficient (Wildman–Crippen LogP) is 4.44. The zero-order valence-corrected chi connectivity index (χ0v) is 20.2. The fourth-order valence-electron chi connectivity index (χ4n) is 4.31. The minimum absolute atomic E-state index is 0.117. The number of nitrogens with zero attached hydrogens (tertiary/aromatic N) is 2. The van der Waals surface area contributed by atoms with E-state index in [4.69, 9.17) is 4.74 Å². The van der Waals surface area contributed by atoms with Crippen LogP contribution in [0.5, 0.6) is 0 Å². The molecule has 0 fully saturated rings. The van der Waals surface area contributed by atoms with Crippen molar-refractivity contribution in [2.45, 2.75) is 24.4 Å². The van der Waals surface area contributed by atoms with Crippen LogP contribution in [0.4, 0.5) is 5.00 Å². The van der Waals surface area contributed by atoms with Crippen molar-refractivity contribution in [1.82, 2.24) is 9.88 Å². The van der Waals surface area contributed by atoms with E-state index in [0.717, 1.165) is 23.5 Å². The molecule has 0 bridgehead atoms. The lowest BCUT2D eigenvalue weighted by atomic mass is 10.0. The van der Waals surface area contributed by atoms with Crippen LogP contribution in [0.1, 0.15) is 26.4 Å². The zero-order chi connectivity index (χ0) is 23.7. The van der Waals surface area contributed by atoms with Crippen LogP contribution < -0.4 is 4.72 Å². The van der Waals surface area contributed by atoms with Gasteiger partial charge in [0.1, 0.15) is 5.00 Å². The van der Waals surface area contributed by atoms with Crippen LogP contribution in [0, 0.1) is 0 Å². The van der Waals surface area contributed by atoms with E-state index in [-0.39, 0.29) is 4.90 Å². The van der Waals surface area contributed by atoms with Gasteiger partial charge in [-0.05, 0) is 41.8 Å². The summed E-state index contributed by atoms with van der Waals surface area (Å²) in [7, 11) is -2.66. The third kappa shape index (κ3) is 4.29. The number of nitrogens with one attached hydrogen (secondary N) is 1. The van der Waals surface area contributed by atoms with E-state index in [1.165, 1.54) is 24.0 Å². The van der Waals surface area contributed by atoms with Crippen molar-refractivity contribution in [3.8, 4) is 0 Å². The lowest BCUT2D eigenvalue weighted by Crippen LogP contribution is -2.29. The summed E-state index contributed by atoms with van der Waals surface area (Å²) in [4.78, 5) is 20.3. The highest BCUT2D eigenvalue weighted by atomic mass is 32.2. The third-order valence-electron chi connectivity index (χ3n) is 5.90. The van der Waals surface area contributed by atoms with E-state index in [2.05, 4.69) is 26.7 Å². The Morgan fingerprint density at radius 3 is 2.74 bits per heavy atom. The maximum atomic E-state index is 13.4. The van der Waals surface area contributed by atoms with Gasteiger partial charge < -0.3 is 4.74 Å². The van der Waals surface area contributed by atoms with Gasteiger partial charge in [-0.15, -0.1) is 11.3 Å². The van der Waals surface area contributed by atoms with Gasteiger partial charge in [-0.1, -0.05) is 36.4 Å². The molecule has 5 rings (SSSR count). The quantitative estimate of drug-likeness (QED) is 0.400. The van der Waals surface area contributed by atoms with E-state index in [1.54, 1.807) is 36.5 Å². The first-order valence-electron chi connectivity index (χ1n) is 10.8. The van der Waals surface area contributed by atoms with Gasteiger partial charge in [-0.25, -0.2) is 13.2 Å². The third-order valence-corrected chi connectivity index (χ3v) is 8.57. The van der Waals surface area contributed by atoms with Crippen molar-refractivity contribution in [3.63, 3.8) is 0 Å². The van der Waals surface area contributed by atoms with Gasteiger partial charge in [0.25, 0.3) is 10.0 Å². The van der Waals surface area contributed by atoms with Crippen LogP contribution in [0.25, 0.3) is 10.9 Å². The number of carbonyl (C=O) groups excluding carboxylic acids is 1. The molecule has 0 saturated heterocycles. The van der Waals surface area contributed by atoms with Crippen molar-refractivity contribution < 1.29 is 17.9 Å². The molecule has 0 unspecified atom stereocenters. The summed E-state index contributed by atoms with van der Waals surface area (Å²) in [6.07, 6.45) is 2.26. The van der Waals surface area contributed by atoms with E-state index >= 15 is 0 Å². The Kier molecular flexibility index (Phi) is 6.07. The Bertz CT molecular complexity index is 1460. The zero-order valence-electron chi connectivity index (χ0n) is 18.5. The number of fused-ring (bicyclic) bond motifs is 2. The van der Waals surface area contributed by atoms with Crippen LogP contribution in [0.15, 0.2) is 71.8 Å². The van der Waals surface area contributed by atoms with Gasteiger partial charge >= 0.3 is 5.97 Å². The first-order chi connectivity index (χ1) is 16.5. The lowest BCUT2D eigenvalue weighted by Gasteiger charge is -2.27. The molecule has 0 aliphatic carbocycles. The van der Waals surface area contributed by atoms with Crippen LogP contribution in [-0.4, -0.2) is 37.9 Å². The molecule has 3 heterocycles. The SMILES string of the molecule is COC(=O)c1c(NS(=O)(=O)c2cccc3ncccc23)sc2c1CCN(Cc1ccccc1)C2. The average molecular weight is 494 g/mol. The number of hydrogen-bond acceptors (Lipinski definition) is 7. The maximum absolute atomic E-state index is 13.4. The van der Waals surface area contributed by atoms with E-state index in [0.29, 0.717) is 34.4 Å². The Labute approximate surface area is 202 Å². The number of esters is 1. The molecule has 2 aromatic heterocycles. The van der Waals surface area contributed by atoms with Gasteiger partial charge in [0.05, 0.1) is 23.1 Å². The van der Waals surface area contributed by atoms with Crippen LogP contribution in [0.2, 0.25) is 0 Å². The number of carbonyl (C=O) groups is 1. The molecule has 34 heavy (non-hydrogen) atoms. The maximum Gasteiger partial charge on any atom is 0.341 e. The molecule has 1 aliphatic heterocycles. The number of pyridine rings is 1. The minimum Gasteiger partial charge on any atom is -0.465 e. The van der Waals surface area contributed by atoms with Crippen molar-refractivity contribution >= 4 is 43.2 Å². The summed E-state index contributed by atoms with van der Waals surface area (Å²) in [6.45, 7) is 2.19. The molecular weight excluding hydrogens is 470 g/mol. The van der Waals surface area contributed by atoms with Gasteiger partial charge in [0.15, 0.2) is 0 Å². The summed E-state index contributed by atoms with van der Waals surface area (Å²) < 4.78 is 34.5.